The Morgan fingerprint density at radius 3 is 2.36 bits per heavy atom. The molecule has 1 rings (SSSR count). The first kappa shape index (κ1) is 18.1. The number of anilines is 1. The van der Waals surface area contributed by atoms with Gasteiger partial charge in [-0.25, -0.2) is 4.79 Å². The van der Waals surface area contributed by atoms with Gasteiger partial charge in [-0.1, -0.05) is 6.07 Å². The smallest absolute Gasteiger partial charge is 0.412 e. The molecule has 1 atom stereocenters. The summed E-state index contributed by atoms with van der Waals surface area (Å²) in [6.07, 6.45) is -5.33. The lowest BCUT2D eigenvalue weighted by atomic mass is 9.98. The molecular formula is C14H19F3N2O3. The van der Waals surface area contributed by atoms with Crippen molar-refractivity contribution in [1.82, 2.24) is 0 Å². The number of amides is 1. The summed E-state index contributed by atoms with van der Waals surface area (Å²) in [6.45, 7) is 4.34. The maximum atomic E-state index is 12.8. The van der Waals surface area contributed by atoms with Crippen LogP contribution in [-0.4, -0.2) is 29.5 Å². The molecule has 0 heterocycles. The van der Waals surface area contributed by atoms with Crippen LogP contribution in [0.15, 0.2) is 18.2 Å². The van der Waals surface area contributed by atoms with Crippen molar-refractivity contribution in [3.05, 3.63) is 23.8 Å². The fourth-order valence-electron chi connectivity index (χ4n) is 1.74. The predicted molar refractivity (Wildman–Crippen MR) is 75.8 cm³/mol. The van der Waals surface area contributed by atoms with Gasteiger partial charge in [-0.2, -0.15) is 13.2 Å². The second kappa shape index (κ2) is 6.43. The van der Waals surface area contributed by atoms with Gasteiger partial charge >= 0.3 is 12.3 Å². The lowest BCUT2D eigenvalue weighted by Crippen LogP contribution is -2.28. The van der Waals surface area contributed by atoms with Crippen molar-refractivity contribution >= 4 is 11.8 Å². The Kier molecular flexibility index (Phi) is 5.29. The Morgan fingerprint density at radius 1 is 1.36 bits per heavy atom. The number of hydrogen-bond donors (Lipinski definition) is 3. The highest BCUT2D eigenvalue weighted by Crippen LogP contribution is 2.37. The van der Waals surface area contributed by atoms with E-state index in [1.54, 1.807) is 20.8 Å². The van der Waals surface area contributed by atoms with E-state index >= 15 is 0 Å². The van der Waals surface area contributed by atoms with Gasteiger partial charge in [0.1, 0.15) is 11.4 Å². The van der Waals surface area contributed by atoms with Gasteiger partial charge in [0.15, 0.2) is 0 Å². The summed E-state index contributed by atoms with van der Waals surface area (Å²) in [5.41, 5.74) is 4.18. The highest BCUT2D eigenvalue weighted by atomic mass is 19.4. The fraction of sp³-hybridized carbons (Fsp3) is 0.500. The van der Waals surface area contributed by atoms with Crippen molar-refractivity contribution in [2.75, 3.05) is 11.9 Å². The third-order valence-electron chi connectivity index (χ3n) is 2.69. The van der Waals surface area contributed by atoms with Crippen LogP contribution < -0.4 is 11.1 Å². The van der Waals surface area contributed by atoms with Gasteiger partial charge in [0, 0.05) is 6.54 Å². The van der Waals surface area contributed by atoms with Gasteiger partial charge < -0.3 is 15.6 Å². The van der Waals surface area contributed by atoms with Crippen molar-refractivity contribution in [1.29, 1.82) is 0 Å². The molecule has 0 radical (unpaired) electrons. The zero-order chi connectivity index (χ0) is 17.1. The third-order valence-corrected chi connectivity index (χ3v) is 2.69. The van der Waals surface area contributed by atoms with E-state index in [0.29, 0.717) is 0 Å². The fourth-order valence-corrected chi connectivity index (χ4v) is 1.74. The van der Waals surface area contributed by atoms with Crippen LogP contribution in [0.5, 0.6) is 5.75 Å². The van der Waals surface area contributed by atoms with E-state index in [9.17, 15) is 23.1 Å². The van der Waals surface area contributed by atoms with Crippen LogP contribution in [0.2, 0.25) is 0 Å². The SMILES string of the molecule is CC(C)(C)OC(=O)Nc1ccc(C(CN)C(F)(F)F)cc1O. The number of hydrogen-bond acceptors (Lipinski definition) is 4. The van der Waals surface area contributed by atoms with Crippen LogP contribution in [0, 0.1) is 0 Å². The number of phenolic OH excluding ortho intramolecular Hbond substituents is 1. The van der Waals surface area contributed by atoms with E-state index in [1.165, 1.54) is 6.07 Å². The average Bonchev–Trinajstić information content (AvgIpc) is 2.29. The van der Waals surface area contributed by atoms with Crippen LogP contribution in [0.3, 0.4) is 0 Å². The van der Waals surface area contributed by atoms with Gasteiger partial charge in [-0.05, 0) is 38.5 Å². The van der Waals surface area contributed by atoms with Crippen LogP contribution in [0.4, 0.5) is 23.7 Å². The molecule has 0 saturated heterocycles. The van der Waals surface area contributed by atoms with Gasteiger partial charge in [0.25, 0.3) is 0 Å². The van der Waals surface area contributed by atoms with Crippen molar-refractivity contribution in [2.45, 2.75) is 38.5 Å². The van der Waals surface area contributed by atoms with Gasteiger partial charge in [-0.3, -0.25) is 5.32 Å². The second-order valence-electron chi connectivity index (χ2n) is 5.73. The first-order valence-corrected chi connectivity index (χ1v) is 6.53. The van der Waals surface area contributed by atoms with Crippen LogP contribution >= 0.6 is 0 Å². The summed E-state index contributed by atoms with van der Waals surface area (Å²) in [7, 11) is 0. The number of carbonyl (C=O) groups is 1. The Balaban J connectivity index is 2.93. The molecule has 0 bridgehead atoms. The number of nitrogens with two attached hydrogens (primary N) is 1. The first-order valence-electron chi connectivity index (χ1n) is 6.53. The van der Waals surface area contributed by atoms with E-state index in [4.69, 9.17) is 10.5 Å². The van der Waals surface area contributed by atoms with Crippen molar-refractivity contribution in [2.24, 2.45) is 5.73 Å². The van der Waals surface area contributed by atoms with Crippen molar-refractivity contribution in [3.8, 4) is 5.75 Å². The summed E-state index contributed by atoms with van der Waals surface area (Å²) >= 11 is 0. The van der Waals surface area contributed by atoms with Crippen molar-refractivity contribution < 1.29 is 27.8 Å². The number of aromatic hydroxyl groups is 1. The molecule has 0 aliphatic carbocycles. The molecule has 0 aliphatic rings. The summed E-state index contributed by atoms with van der Waals surface area (Å²) in [5, 5.41) is 12.0. The molecule has 0 aromatic heterocycles. The zero-order valence-corrected chi connectivity index (χ0v) is 12.5. The molecule has 1 unspecified atom stereocenters. The molecule has 0 spiro atoms. The maximum Gasteiger partial charge on any atom is 0.412 e. The first-order chi connectivity index (χ1) is 9.94. The highest BCUT2D eigenvalue weighted by molar-refractivity contribution is 5.86. The largest absolute Gasteiger partial charge is 0.506 e. The Bertz CT molecular complexity index is 539. The lowest BCUT2D eigenvalue weighted by molar-refractivity contribution is -0.148. The number of alkyl halides is 3. The predicted octanol–water partition coefficient (Wildman–Crippen LogP) is 3.34. The zero-order valence-electron chi connectivity index (χ0n) is 12.5. The third kappa shape index (κ3) is 5.10. The molecule has 8 heteroatoms. The average molecular weight is 320 g/mol. The molecule has 5 nitrogen and oxygen atoms in total. The number of phenols is 1. The number of benzene rings is 1. The topological polar surface area (TPSA) is 84.6 Å². The van der Waals surface area contributed by atoms with E-state index in [2.05, 4.69) is 5.32 Å². The van der Waals surface area contributed by atoms with Crippen LogP contribution in [-0.2, 0) is 4.74 Å². The Labute approximate surface area is 126 Å². The maximum absolute atomic E-state index is 12.8. The van der Waals surface area contributed by atoms with Crippen molar-refractivity contribution in [3.63, 3.8) is 0 Å². The Hall–Kier alpha value is -1.96. The summed E-state index contributed by atoms with van der Waals surface area (Å²) in [6, 6.07) is 3.25. The minimum absolute atomic E-state index is 0.0454. The summed E-state index contributed by atoms with van der Waals surface area (Å²) in [5.74, 6) is -2.37. The Morgan fingerprint density at radius 2 is 1.95 bits per heavy atom. The highest BCUT2D eigenvalue weighted by Gasteiger charge is 2.39. The van der Waals surface area contributed by atoms with E-state index in [1.807, 2.05) is 0 Å². The molecule has 1 aromatic carbocycles. The normalized spacial score (nSPS) is 13.6. The molecule has 0 fully saturated rings. The molecule has 1 aromatic rings. The van der Waals surface area contributed by atoms with Gasteiger partial charge in [0.2, 0.25) is 0 Å². The standard InChI is InChI=1S/C14H19F3N2O3/c1-13(2,3)22-12(21)19-10-5-4-8(6-11(10)20)9(7-18)14(15,16)17/h4-6,9,20H,7,18H2,1-3H3,(H,19,21). The monoisotopic (exact) mass is 320 g/mol. The number of nitrogens with one attached hydrogen (secondary N) is 1. The molecule has 124 valence electrons. The van der Waals surface area contributed by atoms with E-state index < -0.39 is 36.1 Å². The van der Waals surface area contributed by atoms with Gasteiger partial charge in [0.05, 0.1) is 11.6 Å². The molecule has 4 N–H and O–H groups in total. The lowest BCUT2D eigenvalue weighted by Gasteiger charge is -2.21. The second-order valence-corrected chi connectivity index (χ2v) is 5.73. The molecule has 22 heavy (non-hydrogen) atoms. The minimum Gasteiger partial charge on any atom is -0.506 e. The molecule has 0 aliphatic heterocycles. The summed E-state index contributed by atoms with van der Waals surface area (Å²) in [4.78, 5) is 11.6. The minimum atomic E-state index is -4.51. The molecular weight excluding hydrogens is 301 g/mol. The number of halogens is 3. The number of carbonyl (C=O) groups excluding carboxylic acids is 1. The quantitative estimate of drug-likeness (QED) is 0.746. The molecule has 1 amide bonds. The summed E-state index contributed by atoms with van der Waals surface area (Å²) < 4.78 is 43.3. The number of ether oxygens (including phenoxy) is 1. The molecule has 0 saturated carbocycles. The van der Waals surface area contributed by atoms with E-state index in [0.717, 1.165) is 12.1 Å². The van der Waals surface area contributed by atoms with Gasteiger partial charge in [-0.15, -0.1) is 0 Å². The number of rotatable bonds is 3. The van der Waals surface area contributed by atoms with Crippen LogP contribution in [0.1, 0.15) is 32.3 Å². The van der Waals surface area contributed by atoms with Crippen LogP contribution in [0.25, 0.3) is 0 Å². The van der Waals surface area contributed by atoms with E-state index in [-0.39, 0.29) is 11.3 Å².